The fraction of sp³-hybridized carbons (Fsp3) is 0.588. The van der Waals surface area contributed by atoms with Crippen LogP contribution in [-0.4, -0.2) is 138 Å². The van der Waals surface area contributed by atoms with Crippen LogP contribution in [0.5, 0.6) is 11.5 Å². The normalized spacial score (nSPS) is 19.9. The van der Waals surface area contributed by atoms with Gasteiger partial charge in [-0.1, -0.05) is 20.3 Å². The summed E-state index contributed by atoms with van der Waals surface area (Å²) in [6, 6.07) is 2.88. The van der Waals surface area contributed by atoms with Crippen LogP contribution in [0.25, 0.3) is 0 Å². The molecule has 21 heteroatoms. The average Bonchev–Trinajstić information content (AvgIpc) is 3.44. The number of carbonyl (C=O) groups is 6. The van der Waals surface area contributed by atoms with Gasteiger partial charge in [0.2, 0.25) is 18.1 Å². The first-order valence-electron chi connectivity index (χ1n) is 17.5. The minimum Gasteiger partial charge on any atom is -0.491 e. The molecule has 1 saturated heterocycles. The number of carboxylic acid groups (broad SMARTS) is 1. The summed E-state index contributed by atoms with van der Waals surface area (Å²) in [6.07, 6.45) is -2.90. The maximum atomic E-state index is 12.6. The fourth-order valence-electron chi connectivity index (χ4n) is 5.03. The molecule has 55 heavy (non-hydrogen) atoms. The van der Waals surface area contributed by atoms with Crippen molar-refractivity contribution in [3.05, 3.63) is 35.9 Å². The van der Waals surface area contributed by atoms with Gasteiger partial charge in [0.1, 0.15) is 42.6 Å². The first-order valence-corrected chi connectivity index (χ1v) is 19.1. The lowest BCUT2D eigenvalue weighted by Crippen LogP contribution is -2.53. The van der Waals surface area contributed by atoms with Gasteiger partial charge in [-0.15, -0.1) is 0 Å². The molecule has 0 radical (unpaired) electrons. The van der Waals surface area contributed by atoms with E-state index in [9.17, 15) is 57.1 Å². The molecule has 1 aromatic carbocycles. The fourth-order valence-corrected chi connectivity index (χ4v) is 5.68. The summed E-state index contributed by atoms with van der Waals surface area (Å²) in [4.78, 5) is 72.0. The highest BCUT2D eigenvalue weighted by Gasteiger charge is 2.42. The second kappa shape index (κ2) is 23.3. The van der Waals surface area contributed by atoms with Crippen LogP contribution >= 0.6 is 0 Å². The molecule has 20 nitrogen and oxygen atoms in total. The molecule has 4 unspecified atom stereocenters. The number of carboxylic acids is 1. The van der Waals surface area contributed by atoms with E-state index in [1.54, 1.807) is 0 Å². The van der Waals surface area contributed by atoms with Crippen molar-refractivity contribution in [1.29, 1.82) is 0 Å². The average molecular weight is 804 g/mol. The number of aliphatic hydroxyl groups is 2. The van der Waals surface area contributed by atoms with Gasteiger partial charge in [-0.3, -0.25) is 33.4 Å². The van der Waals surface area contributed by atoms with Crippen LogP contribution < -0.4 is 20.1 Å². The number of nitrogens with zero attached hydrogens (tertiary/aromatic N) is 1. The Balaban J connectivity index is 0.00000514. The zero-order chi connectivity index (χ0) is 41.1. The van der Waals surface area contributed by atoms with E-state index >= 15 is 0 Å². The standard InChI is InChI=1S/C32H43N3O17S.C2H6/c1-19(36)50-17-20-6-7-21(15-24(20)51-28-16-23(37)29(41)30(52-28)32(43)44)49-14-13-48-12-10-33-31(42)22(18-53(45,46)47)34-25(38)5-3-2-4-11-35-26(39)8-9-27(35)40;1-2/h6-9,15,22-23,28-30,37,41H,2-5,10-14,16-18H2,1H3,(H,33,42)(H,34,38)(H,43,44)(H,45,46,47);1-2H3/t22?,23?,28?,29-,30?;/m0./s1. The van der Waals surface area contributed by atoms with Crippen molar-refractivity contribution >= 4 is 45.7 Å². The molecule has 308 valence electrons. The van der Waals surface area contributed by atoms with Gasteiger partial charge in [-0.25, -0.2) is 4.79 Å². The first kappa shape index (κ1) is 46.5. The molecule has 0 spiro atoms. The lowest BCUT2D eigenvalue weighted by atomic mass is 10.0. The second-order valence-corrected chi connectivity index (χ2v) is 13.4. The highest BCUT2D eigenvalue weighted by Crippen LogP contribution is 2.30. The van der Waals surface area contributed by atoms with Gasteiger partial charge in [0.05, 0.1) is 19.3 Å². The molecular formula is C34H49N3O17S. The third-order valence-electron chi connectivity index (χ3n) is 7.67. The first-order chi connectivity index (χ1) is 26.0. The third kappa shape index (κ3) is 16.7. The summed E-state index contributed by atoms with van der Waals surface area (Å²) in [6.45, 7) is 5.04. The van der Waals surface area contributed by atoms with E-state index in [1.807, 2.05) is 13.8 Å². The van der Waals surface area contributed by atoms with Gasteiger partial charge < -0.3 is 49.6 Å². The van der Waals surface area contributed by atoms with Gasteiger partial charge in [0, 0.05) is 56.6 Å². The predicted molar refractivity (Wildman–Crippen MR) is 189 cm³/mol. The molecule has 1 aromatic rings. The van der Waals surface area contributed by atoms with E-state index in [-0.39, 0.29) is 63.9 Å². The van der Waals surface area contributed by atoms with E-state index in [1.165, 1.54) is 37.3 Å². The molecule has 1 fully saturated rings. The highest BCUT2D eigenvalue weighted by molar-refractivity contribution is 7.85. The Labute approximate surface area is 317 Å². The van der Waals surface area contributed by atoms with Crippen LogP contribution in [0.3, 0.4) is 0 Å². The van der Waals surface area contributed by atoms with E-state index < -0.39 is 82.1 Å². The molecular weight excluding hydrogens is 754 g/mol. The summed E-state index contributed by atoms with van der Waals surface area (Å²) in [5, 5.41) is 34.0. The second-order valence-electron chi connectivity index (χ2n) is 11.9. The number of hydrogen-bond donors (Lipinski definition) is 6. The Morgan fingerprint density at radius 3 is 2.35 bits per heavy atom. The monoisotopic (exact) mass is 803 g/mol. The number of unbranched alkanes of at least 4 members (excludes halogenated alkanes) is 2. The smallest absolute Gasteiger partial charge is 0.335 e. The number of hydrogen-bond acceptors (Lipinski definition) is 15. The summed E-state index contributed by atoms with van der Waals surface area (Å²) >= 11 is 0. The van der Waals surface area contributed by atoms with Gasteiger partial charge in [-0.05, 0) is 25.0 Å². The SMILES string of the molecule is CC.CC(=O)OCc1ccc(OCCOCCNC(=O)C(CS(=O)(=O)O)NC(=O)CCCCCN2C(=O)C=CC2=O)cc1OC1CC(O)[C@H](O)C(C(=O)O)O1. The molecule has 2 aliphatic rings. The maximum absolute atomic E-state index is 12.6. The van der Waals surface area contributed by atoms with Gasteiger partial charge in [0.25, 0.3) is 21.9 Å². The number of imide groups is 1. The number of ether oxygens (including phenoxy) is 5. The Morgan fingerprint density at radius 1 is 1.02 bits per heavy atom. The molecule has 4 amide bonds. The molecule has 5 atom stereocenters. The predicted octanol–water partition coefficient (Wildman–Crippen LogP) is -0.554. The van der Waals surface area contributed by atoms with E-state index in [0.29, 0.717) is 24.8 Å². The van der Waals surface area contributed by atoms with E-state index in [2.05, 4.69) is 10.6 Å². The molecule has 0 aliphatic carbocycles. The number of carbonyl (C=O) groups excluding carboxylic acids is 5. The van der Waals surface area contributed by atoms with Crippen molar-refractivity contribution in [3.8, 4) is 11.5 Å². The van der Waals surface area contributed by atoms with E-state index in [4.69, 9.17) is 23.7 Å². The van der Waals surface area contributed by atoms with Crippen molar-refractivity contribution in [2.24, 2.45) is 0 Å². The molecule has 2 heterocycles. The number of aliphatic carboxylic acids is 1. The summed E-state index contributed by atoms with van der Waals surface area (Å²) in [5.41, 5.74) is 0.363. The summed E-state index contributed by atoms with van der Waals surface area (Å²) in [7, 11) is -4.65. The molecule has 0 saturated carbocycles. The summed E-state index contributed by atoms with van der Waals surface area (Å²) < 4.78 is 59.4. The summed E-state index contributed by atoms with van der Waals surface area (Å²) in [5.74, 6) is -5.14. The Bertz CT molecular complexity index is 1600. The van der Waals surface area contributed by atoms with Crippen LogP contribution in [-0.2, 0) is 59.7 Å². The van der Waals surface area contributed by atoms with Crippen molar-refractivity contribution in [3.63, 3.8) is 0 Å². The number of rotatable bonds is 22. The lowest BCUT2D eigenvalue weighted by Gasteiger charge is -2.35. The van der Waals surface area contributed by atoms with Crippen LogP contribution in [0, 0.1) is 0 Å². The van der Waals surface area contributed by atoms with E-state index in [0.717, 1.165) is 4.90 Å². The number of esters is 1. The van der Waals surface area contributed by atoms with Crippen LogP contribution in [0.15, 0.2) is 30.4 Å². The number of benzene rings is 1. The van der Waals surface area contributed by atoms with Crippen LogP contribution in [0.4, 0.5) is 0 Å². The molecule has 3 rings (SSSR count). The zero-order valence-electron chi connectivity index (χ0n) is 30.7. The quantitative estimate of drug-likeness (QED) is 0.0371. The maximum Gasteiger partial charge on any atom is 0.335 e. The van der Waals surface area contributed by atoms with Crippen LogP contribution in [0.2, 0.25) is 0 Å². The van der Waals surface area contributed by atoms with Gasteiger partial charge in [0.15, 0.2) is 6.10 Å². The number of aliphatic hydroxyl groups excluding tert-OH is 2. The lowest BCUT2D eigenvalue weighted by molar-refractivity contribution is -0.228. The molecule has 0 bridgehead atoms. The topological polar surface area (TPSA) is 291 Å². The van der Waals surface area contributed by atoms with Crippen molar-refractivity contribution < 1.29 is 80.7 Å². The molecule has 6 N–H and O–H groups in total. The minimum atomic E-state index is -4.65. The van der Waals surface area contributed by atoms with Crippen molar-refractivity contribution in [2.75, 3.05) is 38.7 Å². The number of amides is 4. The number of nitrogens with one attached hydrogen (secondary N) is 2. The molecule has 2 aliphatic heterocycles. The van der Waals surface area contributed by atoms with Gasteiger partial charge >= 0.3 is 11.9 Å². The zero-order valence-corrected chi connectivity index (χ0v) is 31.5. The van der Waals surface area contributed by atoms with Gasteiger partial charge in [-0.2, -0.15) is 8.42 Å². The Kier molecular flexibility index (Phi) is 19.7. The third-order valence-corrected chi connectivity index (χ3v) is 8.42. The Hall–Kier alpha value is -4.67. The van der Waals surface area contributed by atoms with Crippen molar-refractivity contribution in [2.45, 2.75) is 90.1 Å². The molecule has 0 aromatic heterocycles. The minimum absolute atomic E-state index is 0.00836. The Morgan fingerprint density at radius 2 is 1.71 bits per heavy atom. The highest BCUT2D eigenvalue weighted by atomic mass is 32.2. The van der Waals surface area contributed by atoms with Crippen LogP contribution in [0.1, 0.15) is 58.4 Å². The van der Waals surface area contributed by atoms with Crippen molar-refractivity contribution in [1.82, 2.24) is 15.5 Å². The largest absolute Gasteiger partial charge is 0.491 e.